The number of anilines is 3. The number of fused-ring (bicyclic) bond motifs is 1. The van der Waals surface area contributed by atoms with E-state index in [9.17, 15) is 4.79 Å². The normalized spacial score (nSPS) is 15.6. The molecule has 2 aliphatic rings. The van der Waals surface area contributed by atoms with E-state index in [1.165, 1.54) is 36.7 Å². The smallest absolute Gasteiger partial charge is 0.286 e. The summed E-state index contributed by atoms with van der Waals surface area (Å²) >= 11 is 1.33. The largest absolute Gasteiger partial charge is 0.496 e. The molecule has 0 aliphatic carbocycles. The first-order valence-electron chi connectivity index (χ1n) is 9.85. The number of benzene rings is 2. The highest BCUT2D eigenvalue weighted by molar-refractivity contribution is 8.13. The molecule has 0 radical (unpaired) electrons. The molecule has 1 N–H and O–H groups in total. The average Bonchev–Trinajstić information content (AvgIpc) is 2.75. The summed E-state index contributed by atoms with van der Waals surface area (Å²) in [4.78, 5) is 16.2. The third-order valence-electron chi connectivity index (χ3n) is 5.52. The van der Waals surface area contributed by atoms with Gasteiger partial charge in [-0.3, -0.25) is 4.79 Å². The second kappa shape index (κ2) is 11.0. The van der Waals surface area contributed by atoms with Crippen LogP contribution in [0.5, 0.6) is 5.75 Å². The number of carbonyl (C=O) groups excluding carboxylic acids is 1. The summed E-state index contributed by atoms with van der Waals surface area (Å²) in [6.45, 7) is 2.93. The molecule has 0 spiro atoms. The number of hydrogen-bond acceptors (Lipinski definition) is 5. The zero-order chi connectivity index (χ0) is 19.5. The molecule has 0 aromatic heterocycles. The summed E-state index contributed by atoms with van der Waals surface area (Å²) in [5.74, 6) is 1.56. The molecule has 2 aliphatic heterocycles. The number of halogens is 2. The molecule has 4 rings (SSSR count). The van der Waals surface area contributed by atoms with E-state index in [0.717, 1.165) is 41.3 Å². The number of hydrogen-bond donors (Lipinski definition) is 1. The zero-order valence-corrected chi connectivity index (χ0v) is 19.8. The fraction of sp³-hybridized carbons (Fsp3) is 0.409. The first-order valence-corrected chi connectivity index (χ1v) is 10.8. The quantitative estimate of drug-likeness (QED) is 0.586. The number of methoxy groups -OCH3 is 1. The van der Waals surface area contributed by atoms with Gasteiger partial charge in [0.2, 0.25) is 0 Å². The second-order valence-electron chi connectivity index (χ2n) is 7.36. The van der Waals surface area contributed by atoms with Crippen LogP contribution in [0, 0.1) is 0 Å². The molecule has 2 aromatic carbocycles. The summed E-state index contributed by atoms with van der Waals surface area (Å²) in [7, 11) is 3.53. The van der Waals surface area contributed by atoms with Crippen LogP contribution in [0.15, 0.2) is 36.4 Å². The van der Waals surface area contributed by atoms with Crippen LogP contribution in [0.25, 0.3) is 0 Å². The van der Waals surface area contributed by atoms with E-state index in [1.807, 2.05) is 7.05 Å². The lowest BCUT2D eigenvalue weighted by Gasteiger charge is -2.29. The summed E-state index contributed by atoms with van der Waals surface area (Å²) in [5.41, 5.74) is 5.55. The molecule has 1 saturated heterocycles. The summed E-state index contributed by atoms with van der Waals surface area (Å²) in [6, 6.07) is 12.8. The number of piperidine rings is 1. The van der Waals surface area contributed by atoms with Crippen molar-refractivity contribution < 1.29 is 9.53 Å². The molecule has 1 fully saturated rings. The molecule has 1 amide bonds. The highest BCUT2D eigenvalue weighted by atomic mass is 35.5. The minimum Gasteiger partial charge on any atom is -0.496 e. The van der Waals surface area contributed by atoms with Crippen molar-refractivity contribution in [1.29, 1.82) is 0 Å². The maximum absolute atomic E-state index is 12.0. The van der Waals surface area contributed by atoms with Crippen molar-refractivity contribution >= 4 is 58.9 Å². The fourth-order valence-electron chi connectivity index (χ4n) is 3.91. The lowest BCUT2D eigenvalue weighted by atomic mass is 10.1. The number of rotatable bonds is 5. The lowest BCUT2D eigenvalue weighted by molar-refractivity contribution is 0.266. The molecule has 0 bridgehead atoms. The van der Waals surface area contributed by atoms with Gasteiger partial charge in [0.15, 0.2) is 0 Å². The van der Waals surface area contributed by atoms with Crippen molar-refractivity contribution in [2.24, 2.45) is 0 Å². The van der Waals surface area contributed by atoms with Crippen molar-refractivity contribution in [3.05, 3.63) is 47.5 Å². The van der Waals surface area contributed by atoms with Crippen LogP contribution in [-0.4, -0.2) is 32.5 Å². The summed E-state index contributed by atoms with van der Waals surface area (Å²) < 4.78 is 5.62. The highest BCUT2D eigenvalue weighted by Crippen LogP contribution is 2.37. The van der Waals surface area contributed by atoms with Gasteiger partial charge in [-0.1, -0.05) is 17.8 Å². The van der Waals surface area contributed by atoms with E-state index in [1.54, 1.807) is 12.0 Å². The van der Waals surface area contributed by atoms with Crippen LogP contribution < -0.4 is 19.9 Å². The molecule has 5 nitrogen and oxygen atoms in total. The van der Waals surface area contributed by atoms with E-state index < -0.39 is 0 Å². The Labute approximate surface area is 195 Å². The van der Waals surface area contributed by atoms with Crippen molar-refractivity contribution in [1.82, 2.24) is 0 Å². The van der Waals surface area contributed by atoms with Gasteiger partial charge >= 0.3 is 0 Å². The van der Waals surface area contributed by atoms with Crippen LogP contribution in [-0.2, 0) is 12.3 Å². The third kappa shape index (κ3) is 5.29. The monoisotopic (exact) mass is 469 g/mol. The zero-order valence-electron chi connectivity index (χ0n) is 17.3. The number of amides is 1. The van der Waals surface area contributed by atoms with Gasteiger partial charge in [0.25, 0.3) is 5.24 Å². The summed E-state index contributed by atoms with van der Waals surface area (Å²) in [5, 5.41) is 3.62. The minimum absolute atomic E-state index is 0. The Kier molecular flexibility index (Phi) is 9.01. The first kappa shape index (κ1) is 24.5. The highest BCUT2D eigenvalue weighted by Gasteiger charge is 2.23. The standard InChI is InChI=1S/C22H27N3O2S.2ClH/c1-24-20-11-16(21(27-2)12-17(20)15-28-22(24)26)14-23-18-7-6-8-19(13-18)25-9-4-3-5-10-25;;/h6-8,11-13,23H,3-5,9-10,14-15H2,1-2H3;2*1H. The molecule has 2 heterocycles. The predicted molar refractivity (Wildman–Crippen MR) is 132 cm³/mol. The Morgan fingerprint density at radius 3 is 2.60 bits per heavy atom. The average molecular weight is 470 g/mol. The molecule has 30 heavy (non-hydrogen) atoms. The van der Waals surface area contributed by atoms with Gasteiger partial charge in [-0.2, -0.15) is 0 Å². The predicted octanol–water partition coefficient (Wildman–Crippen LogP) is 5.94. The van der Waals surface area contributed by atoms with E-state index in [0.29, 0.717) is 12.3 Å². The van der Waals surface area contributed by atoms with Crippen LogP contribution in [0.1, 0.15) is 30.4 Å². The maximum Gasteiger partial charge on any atom is 0.286 e. The lowest BCUT2D eigenvalue weighted by Crippen LogP contribution is -2.29. The minimum atomic E-state index is 0. The van der Waals surface area contributed by atoms with Gasteiger partial charge in [0.05, 0.1) is 7.11 Å². The Bertz CT molecular complexity index is 875. The van der Waals surface area contributed by atoms with Crippen LogP contribution in [0.2, 0.25) is 0 Å². The van der Waals surface area contributed by atoms with Crippen LogP contribution >= 0.6 is 36.6 Å². The van der Waals surface area contributed by atoms with E-state index in [-0.39, 0.29) is 30.1 Å². The van der Waals surface area contributed by atoms with Crippen LogP contribution in [0.4, 0.5) is 21.9 Å². The van der Waals surface area contributed by atoms with Crippen molar-refractivity contribution in [2.75, 3.05) is 42.4 Å². The molecule has 8 heteroatoms. The number of nitrogens with zero attached hydrogens (tertiary/aromatic N) is 2. The van der Waals surface area contributed by atoms with Gasteiger partial charge in [0, 0.05) is 55.1 Å². The van der Waals surface area contributed by atoms with Gasteiger partial charge in [-0.05, 0) is 55.2 Å². The number of carbonyl (C=O) groups is 1. The molecule has 0 unspecified atom stereocenters. The third-order valence-corrected chi connectivity index (χ3v) is 6.49. The van der Waals surface area contributed by atoms with Gasteiger partial charge in [-0.25, -0.2) is 0 Å². The SMILES string of the molecule is COc1cc2c(cc1CNc1cccc(N3CCCCC3)c1)N(C)C(=O)SC2.Cl.Cl. The molecule has 0 atom stereocenters. The Morgan fingerprint density at radius 2 is 1.87 bits per heavy atom. The van der Waals surface area contributed by atoms with Crippen LogP contribution in [0.3, 0.4) is 0 Å². The van der Waals surface area contributed by atoms with Gasteiger partial charge in [0.1, 0.15) is 5.75 Å². The Hall–Kier alpha value is -1.76. The molecular formula is C22H29Cl2N3O2S. The number of ether oxygens (including phenoxy) is 1. The Balaban J connectivity index is 0.00000160. The molecular weight excluding hydrogens is 441 g/mol. The van der Waals surface area contributed by atoms with Gasteiger partial charge < -0.3 is 19.9 Å². The fourth-order valence-corrected chi connectivity index (χ4v) is 4.71. The van der Waals surface area contributed by atoms with Gasteiger partial charge in [-0.15, -0.1) is 24.8 Å². The molecule has 164 valence electrons. The summed E-state index contributed by atoms with van der Waals surface area (Å²) in [6.07, 6.45) is 3.88. The molecule has 0 saturated carbocycles. The van der Waals surface area contributed by atoms with Crippen molar-refractivity contribution in [2.45, 2.75) is 31.6 Å². The van der Waals surface area contributed by atoms with E-state index >= 15 is 0 Å². The first-order chi connectivity index (χ1) is 13.7. The van der Waals surface area contributed by atoms with Crippen molar-refractivity contribution in [3.63, 3.8) is 0 Å². The molecule has 2 aromatic rings. The van der Waals surface area contributed by atoms with E-state index in [4.69, 9.17) is 4.74 Å². The van der Waals surface area contributed by atoms with Crippen molar-refractivity contribution in [3.8, 4) is 5.75 Å². The number of nitrogens with one attached hydrogen (secondary N) is 1. The van der Waals surface area contributed by atoms with E-state index in [2.05, 4.69) is 46.6 Å². The Morgan fingerprint density at radius 1 is 1.10 bits per heavy atom. The topological polar surface area (TPSA) is 44.8 Å². The second-order valence-corrected chi connectivity index (χ2v) is 8.28. The number of thioether (sulfide) groups is 1. The maximum atomic E-state index is 12.0.